The minimum absolute atomic E-state index is 0.357. The smallest absolute Gasteiger partial charge is 0.339 e. The van der Waals surface area contributed by atoms with E-state index in [1.165, 1.54) is 31.1 Å². The molecule has 0 aromatic heterocycles. The van der Waals surface area contributed by atoms with E-state index in [9.17, 15) is 4.79 Å². The molecule has 4 rings (SSSR count). The summed E-state index contributed by atoms with van der Waals surface area (Å²) in [7, 11) is 1.43. The van der Waals surface area contributed by atoms with Crippen molar-refractivity contribution in [1.29, 1.82) is 0 Å². The maximum Gasteiger partial charge on any atom is 0.339 e. The quantitative estimate of drug-likeness (QED) is 0.538. The fourth-order valence-corrected chi connectivity index (χ4v) is 4.45. The van der Waals surface area contributed by atoms with E-state index in [0.717, 1.165) is 59.8 Å². The molecule has 4 heteroatoms. The van der Waals surface area contributed by atoms with E-state index in [2.05, 4.69) is 37.3 Å². The highest BCUT2D eigenvalue weighted by Gasteiger charge is 2.33. The number of hydrogen-bond acceptors (Lipinski definition) is 4. The summed E-state index contributed by atoms with van der Waals surface area (Å²) >= 11 is 0. The summed E-state index contributed by atoms with van der Waals surface area (Å²) in [5.41, 5.74) is 6.26. The normalized spacial score (nSPS) is 16.9. The molecule has 0 amide bonds. The van der Waals surface area contributed by atoms with Gasteiger partial charge in [-0.3, -0.25) is 0 Å². The van der Waals surface area contributed by atoms with E-state index >= 15 is 0 Å². The highest BCUT2D eigenvalue weighted by molar-refractivity contribution is 5.84. The van der Waals surface area contributed by atoms with E-state index in [0.29, 0.717) is 0 Å². The van der Waals surface area contributed by atoms with Gasteiger partial charge in [-0.25, -0.2) is 4.79 Å². The first-order chi connectivity index (χ1) is 14.8. The van der Waals surface area contributed by atoms with Crippen LogP contribution in [0.2, 0.25) is 0 Å². The highest BCUT2D eigenvalue weighted by Crippen LogP contribution is 2.43. The van der Waals surface area contributed by atoms with Crippen LogP contribution in [-0.4, -0.2) is 25.3 Å². The number of fused-ring (bicyclic) bond motifs is 1. The molecule has 1 heterocycles. The molecule has 1 aliphatic heterocycles. The number of methoxy groups -OCH3 is 1. The van der Waals surface area contributed by atoms with Crippen molar-refractivity contribution >= 4 is 5.97 Å². The number of ether oxygens (including phenoxy) is 3. The summed E-state index contributed by atoms with van der Waals surface area (Å²) in [5, 5.41) is 0. The summed E-state index contributed by atoms with van der Waals surface area (Å²) in [6, 6.07) is 10.8. The van der Waals surface area contributed by atoms with E-state index in [4.69, 9.17) is 14.2 Å². The van der Waals surface area contributed by atoms with Gasteiger partial charge < -0.3 is 14.2 Å². The molecular weight excluding hydrogens is 388 g/mol. The summed E-state index contributed by atoms with van der Waals surface area (Å²) in [4.78, 5) is 12.9. The molecule has 0 spiro atoms. The third-order valence-corrected chi connectivity index (χ3v) is 6.10. The van der Waals surface area contributed by atoms with Crippen LogP contribution in [-0.2, 0) is 27.1 Å². The molecule has 0 radical (unpaired) electrons. The van der Waals surface area contributed by atoms with E-state index in [1.807, 2.05) is 20.8 Å². The highest BCUT2D eigenvalue weighted by atomic mass is 16.6. The molecule has 0 N–H and O–H groups in total. The first-order valence-electron chi connectivity index (χ1n) is 11.4. The largest absolute Gasteiger partial charge is 0.493 e. The average molecular weight is 423 g/mol. The number of carbonyl (C=O) groups is 1. The van der Waals surface area contributed by atoms with Gasteiger partial charge in [0.2, 0.25) is 0 Å². The first kappa shape index (κ1) is 21.9. The van der Waals surface area contributed by atoms with Gasteiger partial charge in [0.1, 0.15) is 5.75 Å². The number of carbonyl (C=O) groups excluding carboxylic acids is 1. The van der Waals surface area contributed by atoms with Crippen LogP contribution in [0.25, 0.3) is 11.1 Å². The van der Waals surface area contributed by atoms with Gasteiger partial charge in [-0.15, -0.1) is 0 Å². The molecule has 166 valence electrons. The van der Waals surface area contributed by atoms with Crippen LogP contribution >= 0.6 is 0 Å². The van der Waals surface area contributed by atoms with Gasteiger partial charge in [-0.1, -0.05) is 18.2 Å². The Hall–Kier alpha value is -2.33. The van der Waals surface area contributed by atoms with Gasteiger partial charge in [0, 0.05) is 5.56 Å². The van der Waals surface area contributed by atoms with Gasteiger partial charge in [-0.2, -0.15) is 0 Å². The Labute approximate surface area is 185 Å². The lowest BCUT2D eigenvalue weighted by molar-refractivity contribution is -0.164. The maximum absolute atomic E-state index is 12.9. The van der Waals surface area contributed by atoms with Crippen molar-refractivity contribution in [2.24, 2.45) is 5.92 Å². The van der Waals surface area contributed by atoms with Gasteiger partial charge in [-0.05, 0) is 106 Å². The molecule has 2 aromatic rings. The van der Waals surface area contributed by atoms with Gasteiger partial charge in [0.25, 0.3) is 0 Å². The van der Waals surface area contributed by atoms with Crippen LogP contribution in [0.5, 0.6) is 5.75 Å². The molecular formula is C27H34O4. The van der Waals surface area contributed by atoms with E-state index in [-0.39, 0.29) is 5.97 Å². The van der Waals surface area contributed by atoms with Crippen molar-refractivity contribution < 1.29 is 19.0 Å². The van der Waals surface area contributed by atoms with Crippen molar-refractivity contribution in [3.8, 4) is 16.9 Å². The predicted octanol–water partition coefficient (Wildman–Crippen LogP) is 5.97. The molecule has 0 saturated heterocycles. The predicted molar refractivity (Wildman–Crippen MR) is 122 cm³/mol. The lowest BCUT2D eigenvalue weighted by atomic mass is 9.85. The molecule has 2 aliphatic rings. The SMILES string of the molecule is COC(=O)C(OC(C)(C)C)c1c(C)ccc(CC2CC2)c1-c1ccc2c(c1)CCCO2. The third kappa shape index (κ3) is 4.95. The molecule has 1 fully saturated rings. The maximum atomic E-state index is 12.9. The zero-order valence-electron chi connectivity index (χ0n) is 19.4. The second-order valence-electron chi connectivity index (χ2n) is 9.89. The second kappa shape index (κ2) is 8.66. The Bertz CT molecular complexity index is 966. The van der Waals surface area contributed by atoms with Gasteiger partial charge >= 0.3 is 5.97 Å². The first-order valence-corrected chi connectivity index (χ1v) is 11.4. The van der Waals surface area contributed by atoms with Crippen LogP contribution in [0, 0.1) is 12.8 Å². The van der Waals surface area contributed by atoms with Crippen molar-refractivity contribution in [3.63, 3.8) is 0 Å². The average Bonchev–Trinajstić information content (AvgIpc) is 3.56. The van der Waals surface area contributed by atoms with Crippen LogP contribution in [0.3, 0.4) is 0 Å². The molecule has 31 heavy (non-hydrogen) atoms. The minimum atomic E-state index is -0.772. The molecule has 1 saturated carbocycles. The second-order valence-corrected chi connectivity index (χ2v) is 9.89. The molecule has 1 aliphatic carbocycles. The molecule has 4 nitrogen and oxygen atoms in total. The Kier molecular flexibility index (Phi) is 6.11. The van der Waals surface area contributed by atoms with Crippen LogP contribution in [0.4, 0.5) is 0 Å². The number of hydrogen-bond donors (Lipinski definition) is 0. The molecule has 0 bridgehead atoms. The fraction of sp³-hybridized carbons (Fsp3) is 0.519. The van der Waals surface area contributed by atoms with Crippen LogP contribution < -0.4 is 4.74 Å². The fourth-order valence-electron chi connectivity index (χ4n) is 4.45. The summed E-state index contributed by atoms with van der Waals surface area (Å²) < 4.78 is 17.4. The third-order valence-electron chi connectivity index (χ3n) is 6.10. The van der Waals surface area contributed by atoms with E-state index < -0.39 is 11.7 Å². The zero-order chi connectivity index (χ0) is 22.2. The lowest BCUT2D eigenvalue weighted by Crippen LogP contribution is -2.29. The Morgan fingerprint density at radius 1 is 1.19 bits per heavy atom. The Morgan fingerprint density at radius 2 is 1.97 bits per heavy atom. The van der Waals surface area contributed by atoms with Gasteiger partial charge in [0.05, 0.1) is 19.3 Å². The van der Waals surface area contributed by atoms with Crippen LogP contribution in [0.15, 0.2) is 30.3 Å². The summed E-state index contributed by atoms with van der Waals surface area (Å²) in [6.45, 7) is 8.76. The van der Waals surface area contributed by atoms with Crippen molar-refractivity contribution in [3.05, 3.63) is 52.6 Å². The number of benzene rings is 2. The zero-order valence-corrected chi connectivity index (χ0v) is 19.4. The Balaban J connectivity index is 1.90. The molecule has 1 unspecified atom stereocenters. The number of esters is 1. The molecule has 1 atom stereocenters. The standard InChI is InChI=1S/C27H34O4/c1-17-8-11-20(15-18-9-10-18)24(21-12-13-22-19(16-21)7-6-14-30-22)23(17)25(26(28)29-5)31-27(2,3)4/h8,11-13,16,18,25H,6-7,9-10,14-15H2,1-5H3. The van der Waals surface area contributed by atoms with Crippen molar-refractivity contribution in [1.82, 2.24) is 0 Å². The van der Waals surface area contributed by atoms with E-state index in [1.54, 1.807) is 0 Å². The van der Waals surface area contributed by atoms with Gasteiger partial charge in [0.15, 0.2) is 6.10 Å². The van der Waals surface area contributed by atoms with Crippen molar-refractivity contribution in [2.45, 2.75) is 71.5 Å². The Morgan fingerprint density at radius 3 is 2.65 bits per heavy atom. The van der Waals surface area contributed by atoms with Crippen LogP contribution in [0.1, 0.15) is 68.4 Å². The number of rotatable bonds is 6. The lowest BCUT2D eigenvalue weighted by Gasteiger charge is -2.30. The van der Waals surface area contributed by atoms with Crippen molar-refractivity contribution in [2.75, 3.05) is 13.7 Å². The minimum Gasteiger partial charge on any atom is -0.493 e. The summed E-state index contributed by atoms with van der Waals surface area (Å²) in [6.07, 6.45) is 4.86. The summed E-state index contributed by atoms with van der Waals surface area (Å²) in [5.74, 6) is 1.35. The monoisotopic (exact) mass is 422 g/mol. The topological polar surface area (TPSA) is 44.8 Å². The number of aryl methyl sites for hydroxylation is 2. The molecule has 2 aromatic carbocycles.